The molecule has 2 atom stereocenters. The molecule has 0 aliphatic carbocycles. The Morgan fingerprint density at radius 3 is 2.69 bits per heavy atom. The van der Waals surface area contributed by atoms with Crippen molar-refractivity contribution in [1.82, 2.24) is 5.32 Å². The van der Waals surface area contributed by atoms with Crippen molar-refractivity contribution in [2.45, 2.75) is 23.7 Å². The number of rotatable bonds is 1. The minimum Gasteiger partial charge on any atom is -0.305 e. The Hall–Kier alpha value is -0.340. The van der Waals surface area contributed by atoms with Gasteiger partial charge in [-0.3, -0.25) is 0 Å². The number of piperidine rings is 1. The first-order valence-electron chi connectivity index (χ1n) is 4.78. The van der Waals surface area contributed by atoms with Crippen molar-refractivity contribution in [1.29, 1.82) is 0 Å². The smallest absolute Gasteiger partial charge is 0.0636 e. The van der Waals surface area contributed by atoms with E-state index < -0.39 is 0 Å². The molecule has 1 fully saturated rings. The minimum absolute atomic E-state index is 0.492. The molecule has 0 aromatic heterocycles. The second kappa shape index (κ2) is 4.25. The van der Waals surface area contributed by atoms with Gasteiger partial charge in [-0.05, 0) is 30.9 Å². The molecule has 1 saturated heterocycles. The van der Waals surface area contributed by atoms with E-state index >= 15 is 0 Å². The van der Waals surface area contributed by atoms with E-state index in [2.05, 4.69) is 51.6 Å². The zero-order chi connectivity index (χ0) is 9.10. The molecule has 2 heteroatoms. The number of halogens is 1. The van der Waals surface area contributed by atoms with Crippen LogP contribution in [0.3, 0.4) is 0 Å². The molecule has 1 heterocycles. The number of benzene rings is 1. The average molecular weight is 240 g/mol. The zero-order valence-electron chi connectivity index (χ0n) is 7.54. The lowest BCUT2D eigenvalue weighted by atomic mass is 9.90. The first kappa shape index (κ1) is 9.22. The lowest BCUT2D eigenvalue weighted by Gasteiger charge is -2.27. The van der Waals surface area contributed by atoms with E-state index in [0.29, 0.717) is 4.95 Å². The highest BCUT2D eigenvalue weighted by Crippen LogP contribution is 2.28. The van der Waals surface area contributed by atoms with Gasteiger partial charge in [0.05, 0.1) is 4.95 Å². The first-order chi connectivity index (χ1) is 6.36. The van der Waals surface area contributed by atoms with Crippen LogP contribution in [0.4, 0.5) is 0 Å². The molecule has 70 valence electrons. The minimum atomic E-state index is 0.492. The van der Waals surface area contributed by atoms with Gasteiger partial charge in [0.15, 0.2) is 0 Å². The summed E-state index contributed by atoms with van der Waals surface area (Å²) in [6, 6.07) is 10.8. The van der Waals surface area contributed by atoms with Gasteiger partial charge in [-0.2, -0.15) is 0 Å². The van der Waals surface area contributed by atoms with Crippen LogP contribution < -0.4 is 5.32 Å². The van der Waals surface area contributed by atoms with Crippen molar-refractivity contribution in [2.24, 2.45) is 0 Å². The molecular formula is C11H14BrN. The van der Waals surface area contributed by atoms with Crippen molar-refractivity contribution in [3.05, 3.63) is 35.9 Å². The standard InChI is InChI=1S/C11H14BrN/c12-11-8-10(6-7-13-11)9-4-2-1-3-5-9/h1-5,10-11,13H,6-8H2. The Bertz CT molecular complexity index is 260. The highest BCUT2D eigenvalue weighted by molar-refractivity contribution is 9.09. The molecule has 1 nitrogen and oxygen atoms in total. The molecule has 0 radical (unpaired) electrons. The molecule has 1 aromatic rings. The summed E-state index contributed by atoms with van der Waals surface area (Å²) in [6.45, 7) is 1.12. The summed E-state index contributed by atoms with van der Waals surface area (Å²) < 4.78 is 0. The topological polar surface area (TPSA) is 12.0 Å². The fourth-order valence-electron chi connectivity index (χ4n) is 1.89. The molecule has 1 aliphatic heterocycles. The third-order valence-electron chi connectivity index (χ3n) is 2.62. The van der Waals surface area contributed by atoms with Crippen LogP contribution >= 0.6 is 15.9 Å². The fourth-order valence-corrected chi connectivity index (χ4v) is 2.57. The van der Waals surface area contributed by atoms with Crippen LogP contribution in [-0.2, 0) is 0 Å². The maximum absolute atomic E-state index is 3.61. The molecule has 2 unspecified atom stereocenters. The Balaban J connectivity index is 2.08. The van der Waals surface area contributed by atoms with Gasteiger partial charge >= 0.3 is 0 Å². The van der Waals surface area contributed by atoms with Crippen LogP contribution in [0.25, 0.3) is 0 Å². The maximum Gasteiger partial charge on any atom is 0.0636 e. The van der Waals surface area contributed by atoms with Gasteiger partial charge in [0.1, 0.15) is 0 Å². The molecule has 1 aliphatic rings. The van der Waals surface area contributed by atoms with Gasteiger partial charge in [-0.25, -0.2) is 0 Å². The van der Waals surface area contributed by atoms with Crippen molar-refractivity contribution in [2.75, 3.05) is 6.54 Å². The molecule has 0 spiro atoms. The number of alkyl halides is 1. The lowest BCUT2D eigenvalue weighted by Crippen LogP contribution is -2.32. The number of hydrogen-bond acceptors (Lipinski definition) is 1. The third kappa shape index (κ3) is 2.32. The molecule has 0 saturated carbocycles. The Kier molecular flexibility index (Phi) is 3.01. The SMILES string of the molecule is BrC1CC(c2ccccc2)CCN1. The third-order valence-corrected chi connectivity index (χ3v) is 3.32. The normalized spacial score (nSPS) is 28.7. The van der Waals surface area contributed by atoms with E-state index in [1.54, 1.807) is 0 Å². The van der Waals surface area contributed by atoms with Gasteiger partial charge in [0.2, 0.25) is 0 Å². The summed E-state index contributed by atoms with van der Waals surface area (Å²) in [7, 11) is 0. The van der Waals surface area contributed by atoms with Gasteiger partial charge in [-0.1, -0.05) is 46.3 Å². The summed E-state index contributed by atoms with van der Waals surface area (Å²) in [6.07, 6.45) is 2.45. The quantitative estimate of drug-likeness (QED) is 0.588. The van der Waals surface area contributed by atoms with E-state index in [1.807, 2.05) is 0 Å². The van der Waals surface area contributed by atoms with Crippen molar-refractivity contribution < 1.29 is 0 Å². The second-order valence-electron chi connectivity index (χ2n) is 3.55. The first-order valence-corrected chi connectivity index (χ1v) is 5.70. The lowest BCUT2D eigenvalue weighted by molar-refractivity contribution is 0.441. The number of hydrogen-bond donors (Lipinski definition) is 1. The fraction of sp³-hybridized carbons (Fsp3) is 0.455. The monoisotopic (exact) mass is 239 g/mol. The summed E-state index contributed by atoms with van der Waals surface area (Å²) in [5.74, 6) is 0.729. The largest absolute Gasteiger partial charge is 0.305 e. The van der Waals surface area contributed by atoms with E-state index in [9.17, 15) is 0 Å². The van der Waals surface area contributed by atoms with Gasteiger partial charge < -0.3 is 5.32 Å². The number of nitrogens with one attached hydrogen (secondary N) is 1. The Labute approximate surface area is 87.7 Å². The molecule has 0 bridgehead atoms. The van der Waals surface area contributed by atoms with Crippen LogP contribution in [0, 0.1) is 0 Å². The van der Waals surface area contributed by atoms with Crippen LogP contribution in [0.1, 0.15) is 24.3 Å². The molecule has 13 heavy (non-hydrogen) atoms. The Morgan fingerprint density at radius 1 is 1.23 bits per heavy atom. The summed E-state index contributed by atoms with van der Waals surface area (Å²) in [5.41, 5.74) is 1.48. The Morgan fingerprint density at radius 2 is 2.00 bits per heavy atom. The van der Waals surface area contributed by atoms with E-state index in [1.165, 1.54) is 18.4 Å². The van der Waals surface area contributed by atoms with Crippen molar-refractivity contribution >= 4 is 15.9 Å². The van der Waals surface area contributed by atoms with E-state index in [0.717, 1.165) is 12.5 Å². The van der Waals surface area contributed by atoms with Crippen LogP contribution in [0.15, 0.2) is 30.3 Å². The molecule has 2 rings (SSSR count). The van der Waals surface area contributed by atoms with Crippen LogP contribution in [-0.4, -0.2) is 11.5 Å². The molecular weight excluding hydrogens is 226 g/mol. The predicted octanol–water partition coefficient (Wildman–Crippen LogP) is 2.87. The van der Waals surface area contributed by atoms with E-state index in [-0.39, 0.29) is 0 Å². The highest BCUT2D eigenvalue weighted by atomic mass is 79.9. The average Bonchev–Trinajstić information content (AvgIpc) is 2.19. The second-order valence-corrected chi connectivity index (χ2v) is 4.66. The maximum atomic E-state index is 3.61. The zero-order valence-corrected chi connectivity index (χ0v) is 9.13. The van der Waals surface area contributed by atoms with Crippen molar-refractivity contribution in [3.8, 4) is 0 Å². The highest BCUT2D eigenvalue weighted by Gasteiger charge is 2.20. The molecule has 0 amide bonds. The summed E-state index contributed by atoms with van der Waals surface area (Å²) in [4.78, 5) is 0.492. The molecule has 1 aromatic carbocycles. The van der Waals surface area contributed by atoms with Gasteiger partial charge in [0, 0.05) is 0 Å². The van der Waals surface area contributed by atoms with Crippen molar-refractivity contribution in [3.63, 3.8) is 0 Å². The van der Waals surface area contributed by atoms with E-state index in [4.69, 9.17) is 0 Å². The van der Waals surface area contributed by atoms with Gasteiger partial charge in [-0.15, -0.1) is 0 Å². The van der Waals surface area contributed by atoms with Gasteiger partial charge in [0.25, 0.3) is 0 Å². The predicted molar refractivity (Wildman–Crippen MR) is 59.1 cm³/mol. The summed E-state index contributed by atoms with van der Waals surface area (Å²) >= 11 is 3.61. The molecule has 1 N–H and O–H groups in total. The van der Waals surface area contributed by atoms with Crippen LogP contribution in [0.2, 0.25) is 0 Å². The summed E-state index contributed by atoms with van der Waals surface area (Å²) in [5, 5.41) is 3.40. The van der Waals surface area contributed by atoms with Crippen LogP contribution in [0.5, 0.6) is 0 Å².